The summed E-state index contributed by atoms with van der Waals surface area (Å²) in [5.74, 6) is 2.52. The van der Waals surface area contributed by atoms with Crippen LogP contribution in [0.25, 0.3) is 0 Å². The average Bonchev–Trinajstić information content (AvgIpc) is 2.97. The molecule has 1 aliphatic rings. The van der Waals surface area contributed by atoms with Crippen LogP contribution in [0.3, 0.4) is 0 Å². The SMILES string of the molecule is CNC(c1ccc(OC)c(Br)c1)C1CC1C. The highest BCUT2D eigenvalue weighted by molar-refractivity contribution is 9.10. The second-order valence-electron chi connectivity index (χ2n) is 4.54. The molecule has 1 N–H and O–H groups in total. The van der Waals surface area contributed by atoms with Crippen molar-refractivity contribution >= 4 is 15.9 Å². The van der Waals surface area contributed by atoms with Crippen LogP contribution in [0.15, 0.2) is 22.7 Å². The predicted molar refractivity (Wildman–Crippen MR) is 69.8 cm³/mol. The minimum Gasteiger partial charge on any atom is -0.496 e. The molecule has 1 fully saturated rings. The second kappa shape index (κ2) is 4.76. The molecule has 0 saturated heterocycles. The largest absolute Gasteiger partial charge is 0.496 e. The summed E-state index contributed by atoms with van der Waals surface area (Å²) in [7, 11) is 3.73. The van der Waals surface area contributed by atoms with Crippen molar-refractivity contribution < 1.29 is 4.74 Å². The van der Waals surface area contributed by atoms with E-state index in [4.69, 9.17) is 4.74 Å². The molecule has 0 aliphatic heterocycles. The summed E-state index contributed by atoms with van der Waals surface area (Å²) in [5.41, 5.74) is 1.34. The molecule has 1 aliphatic carbocycles. The van der Waals surface area contributed by atoms with Crippen LogP contribution in [0.4, 0.5) is 0 Å². The van der Waals surface area contributed by atoms with E-state index in [2.05, 4.69) is 40.3 Å². The van der Waals surface area contributed by atoms with Crippen molar-refractivity contribution in [2.45, 2.75) is 19.4 Å². The van der Waals surface area contributed by atoms with Crippen LogP contribution in [0.1, 0.15) is 24.9 Å². The van der Waals surface area contributed by atoms with Gasteiger partial charge in [0.25, 0.3) is 0 Å². The minimum absolute atomic E-state index is 0.470. The highest BCUT2D eigenvalue weighted by atomic mass is 79.9. The molecule has 0 heterocycles. The third-order valence-corrected chi connectivity index (χ3v) is 4.07. The Bertz CT molecular complexity index is 380. The zero-order chi connectivity index (χ0) is 11.7. The molecule has 0 radical (unpaired) electrons. The molecule has 3 heteroatoms. The van der Waals surface area contributed by atoms with E-state index in [1.165, 1.54) is 12.0 Å². The summed E-state index contributed by atoms with van der Waals surface area (Å²) < 4.78 is 6.27. The molecule has 0 bridgehead atoms. The fourth-order valence-corrected chi connectivity index (χ4v) is 2.88. The fraction of sp³-hybridized carbons (Fsp3) is 0.538. The number of nitrogens with one attached hydrogen (secondary N) is 1. The quantitative estimate of drug-likeness (QED) is 0.915. The first kappa shape index (κ1) is 11.9. The second-order valence-corrected chi connectivity index (χ2v) is 5.39. The predicted octanol–water partition coefficient (Wildman–Crippen LogP) is 3.37. The maximum Gasteiger partial charge on any atom is 0.133 e. The number of halogens is 1. The maximum atomic E-state index is 5.24. The van der Waals surface area contributed by atoms with Gasteiger partial charge in [-0.25, -0.2) is 0 Å². The van der Waals surface area contributed by atoms with Crippen molar-refractivity contribution in [3.05, 3.63) is 28.2 Å². The van der Waals surface area contributed by atoms with Crippen molar-refractivity contribution in [2.24, 2.45) is 11.8 Å². The Morgan fingerprint density at radius 3 is 2.62 bits per heavy atom. The first-order chi connectivity index (χ1) is 7.67. The van der Waals surface area contributed by atoms with Gasteiger partial charge in [-0.05, 0) is 58.9 Å². The van der Waals surface area contributed by atoms with Gasteiger partial charge in [-0.15, -0.1) is 0 Å². The Labute approximate surface area is 106 Å². The van der Waals surface area contributed by atoms with Crippen molar-refractivity contribution in [3.8, 4) is 5.75 Å². The highest BCUT2D eigenvalue weighted by Gasteiger charge is 2.39. The first-order valence-corrected chi connectivity index (χ1v) is 6.47. The van der Waals surface area contributed by atoms with Gasteiger partial charge in [-0.1, -0.05) is 13.0 Å². The van der Waals surface area contributed by atoms with Gasteiger partial charge in [0.2, 0.25) is 0 Å². The van der Waals surface area contributed by atoms with Crippen molar-refractivity contribution in [1.29, 1.82) is 0 Å². The summed E-state index contributed by atoms with van der Waals surface area (Å²) in [6.45, 7) is 2.31. The van der Waals surface area contributed by atoms with E-state index in [0.29, 0.717) is 6.04 Å². The lowest BCUT2D eigenvalue weighted by molar-refractivity contribution is 0.411. The Balaban J connectivity index is 2.22. The van der Waals surface area contributed by atoms with Gasteiger partial charge in [-0.3, -0.25) is 0 Å². The van der Waals surface area contributed by atoms with Crippen LogP contribution >= 0.6 is 15.9 Å². The molecular weight excluding hydrogens is 266 g/mol. The van der Waals surface area contributed by atoms with E-state index < -0.39 is 0 Å². The van der Waals surface area contributed by atoms with Gasteiger partial charge in [0.05, 0.1) is 11.6 Å². The number of hydrogen-bond acceptors (Lipinski definition) is 2. The van der Waals surface area contributed by atoms with Gasteiger partial charge < -0.3 is 10.1 Å². The Morgan fingerprint density at radius 1 is 1.50 bits per heavy atom. The van der Waals surface area contributed by atoms with Crippen molar-refractivity contribution in [3.63, 3.8) is 0 Å². The molecule has 2 nitrogen and oxygen atoms in total. The topological polar surface area (TPSA) is 21.3 Å². The molecule has 0 amide bonds. The van der Waals surface area contributed by atoms with Crippen LogP contribution in [0.2, 0.25) is 0 Å². The van der Waals surface area contributed by atoms with E-state index in [1.807, 2.05) is 13.1 Å². The van der Waals surface area contributed by atoms with Crippen LogP contribution in [-0.4, -0.2) is 14.2 Å². The van der Waals surface area contributed by atoms with Gasteiger partial charge in [0.1, 0.15) is 5.75 Å². The Kier molecular flexibility index (Phi) is 3.55. The Hall–Kier alpha value is -0.540. The first-order valence-electron chi connectivity index (χ1n) is 5.68. The minimum atomic E-state index is 0.470. The van der Waals surface area contributed by atoms with Crippen LogP contribution in [0, 0.1) is 11.8 Å². The third kappa shape index (κ3) is 2.25. The average molecular weight is 284 g/mol. The fourth-order valence-electron chi connectivity index (χ4n) is 2.32. The smallest absolute Gasteiger partial charge is 0.133 e. The molecule has 2 rings (SSSR count). The number of ether oxygens (including phenoxy) is 1. The van der Waals surface area contributed by atoms with Gasteiger partial charge >= 0.3 is 0 Å². The summed E-state index contributed by atoms with van der Waals surface area (Å²) in [5, 5.41) is 3.41. The zero-order valence-corrected chi connectivity index (χ0v) is 11.5. The summed E-state index contributed by atoms with van der Waals surface area (Å²) >= 11 is 3.54. The van der Waals surface area contributed by atoms with Crippen LogP contribution in [-0.2, 0) is 0 Å². The molecule has 16 heavy (non-hydrogen) atoms. The van der Waals surface area contributed by atoms with E-state index >= 15 is 0 Å². The van der Waals surface area contributed by atoms with E-state index in [9.17, 15) is 0 Å². The standard InChI is InChI=1S/C13H18BrNO/c1-8-6-10(8)13(15-2)9-4-5-12(16-3)11(14)7-9/h4-5,7-8,10,13,15H,6H2,1-3H3. The van der Waals surface area contributed by atoms with E-state index in [-0.39, 0.29) is 0 Å². The molecule has 88 valence electrons. The molecule has 0 aromatic heterocycles. The molecule has 0 spiro atoms. The number of hydrogen-bond donors (Lipinski definition) is 1. The normalized spacial score (nSPS) is 25.2. The summed E-state index contributed by atoms with van der Waals surface area (Å²) in [4.78, 5) is 0. The zero-order valence-electron chi connectivity index (χ0n) is 9.96. The van der Waals surface area contributed by atoms with Crippen LogP contribution in [0.5, 0.6) is 5.75 Å². The molecule has 3 atom stereocenters. The molecule has 1 saturated carbocycles. The number of benzene rings is 1. The molecule has 1 aromatic rings. The number of rotatable bonds is 4. The molecular formula is C13H18BrNO. The van der Waals surface area contributed by atoms with Gasteiger partial charge in [0.15, 0.2) is 0 Å². The summed E-state index contributed by atoms with van der Waals surface area (Å²) in [6.07, 6.45) is 1.33. The van der Waals surface area contributed by atoms with Crippen molar-refractivity contribution in [2.75, 3.05) is 14.2 Å². The lowest BCUT2D eigenvalue weighted by atomic mass is 10.0. The van der Waals surface area contributed by atoms with E-state index in [1.54, 1.807) is 7.11 Å². The molecule has 3 unspecified atom stereocenters. The van der Waals surface area contributed by atoms with Gasteiger partial charge in [-0.2, -0.15) is 0 Å². The highest BCUT2D eigenvalue weighted by Crippen LogP contribution is 2.47. The lowest BCUT2D eigenvalue weighted by Crippen LogP contribution is -2.19. The lowest BCUT2D eigenvalue weighted by Gasteiger charge is -2.17. The third-order valence-electron chi connectivity index (χ3n) is 3.45. The van der Waals surface area contributed by atoms with Gasteiger partial charge in [0, 0.05) is 6.04 Å². The number of methoxy groups -OCH3 is 1. The monoisotopic (exact) mass is 283 g/mol. The molecule has 1 aromatic carbocycles. The maximum absolute atomic E-state index is 5.24. The van der Waals surface area contributed by atoms with Crippen molar-refractivity contribution in [1.82, 2.24) is 5.32 Å². The van der Waals surface area contributed by atoms with Crippen LogP contribution < -0.4 is 10.1 Å². The Morgan fingerprint density at radius 2 is 2.19 bits per heavy atom. The van der Waals surface area contributed by atoms with E-state index in [0.717, 1.165) is 22.1 Å². The summed E-state index contributed by atoms with van der Waals surface area (Å²) in [6, 6.07) is 6.80.